The van der Waals surface area contributed by atoms with E-state index in [1.54, 1.807) is 12.3 Å². The van der Waals surface area contributed by atoms with Gasteiger partial charge in [-0.05, 0) is 53.6 Å². The SMILES string of the molecule is N#Cc1cncc(COc2cc(O[C@H]3CCc4c(-c5ccccc5)cccc43)c(Cl)cc2CNCC2CCC(=O)N2)c1. The third kappa shape index (κ3) is 6.25. The predicted octanol–water partition coefficient (Wildman–Crippen LogP) is 6.29. The Hall–Kier alpha value is -4.38. The number of rotatable bonds is 10. The van der Waals surface area contributed by atoms with E-state index in [0.717, 1.165) is 30.4 Å². The van der Waals surface area contributed by atoms with E-state index in [9.17, 15) is 10.1 Å². The number of fused-ring (bicyclic) bond motifs is 1. The molecule has 1 saturated heterocycles. The fourth-order valence-corrected chi connectivity index (χ4v) is 5.95. The molecule has 0 bridgehead atoms. The van der Waals surface area contributed by atoms with E-state index in [2.05, 4.69) is 64.2 Å². The first-order chi connectivity index (χ1) is 20.6. The van der Waals surface area contributed by atoms with Crippen molar-refractivity contribution in [2.24, 2.45) is 0 Å². The molecule has 7 nitrogen and oxygen atoms in total. The van der Waals surface area contributed by atoms with E-state index < -0.39 is 0 Å². The first-order valence-electron chi connectivity index (χ1n) is 14.2. The lowest BCUT2D eigenvalue weighted by atomic mass is 9.97. The summed E-state index contributed by atoms with van der Waals surface area (Å²) in [5.74, 6) is 1.29. The highest BCUT2D eigenvalue weighted by atomic mass is 35.5. The highest BCUT2D eigenvalue weighted by Gasteiger charge is 2.28. The molecular weight excluding hydrogens is 548 g/mol. The Labute approximate surface area is 250 Å². The van der Waals surface area contributed by atoms with Crippen molar-refractivity contribution in [2.45, 2.75) is 51.0 Å². The standard InChI is InChI=1S/C34H31ClN4O3/c35-30-14-25(19-38-20-26-9-12-34(40)39-26)32(41-21-23-13-22(16-36)17-37-18-23)15-33(30)42-31-11-10-28-27(7-4-8-29(28)31)24-5-2-1-3-6-24/h1-8,13-15,17-18,26,31,38H,9-12,19-21H2,(H,39,40)/t26?,31-/m0/s1. The largest absolute Gasteiger partial charge is 0.488 e. The number of pyridine rings is 1. The Balaban J connectivity index is 1.23. The molecule has 1 aliphatic carbocycles. The van der Waals surface area contributed by atoms with Crippen LogP contribution in [0.4, 0.5) is 0 Å². The summed E-state index contributed by atoms with van der Waals surface area (Å²) >= 11 is 6.80. The van der Waals surface area contributed by atoms with Crippen molar-refractivity contribution in [1.29, 1.82) is 5.26 Å². The topological polar surface area (TPSA) is 96.3 Å². The van der Waals surface area contributed by atoms with Gasteiger partial charge in [0.2, 0.25) is 5.91 Å². The maximum atomic E-state index is 11.6. The number of hydrogen-bond donors (Lipinski definition) is 2. The lowest BCUT2D eigenvalue weighted by molar-refractivity contribution is -0.119. The summed E-state index contributed by atoms with van der Waals surface area (Å²) in [6, 6.07) is 24.6. The van der Waals surface area contributed by atoms with Crippen LogP contribution in [0.25, 0.3) is 11.1 Å². The van der Waals surface area contributed by atoms with Crippen LogP contribution >= 0.6 is 11.6 Å². The number of hydrogen-bond acceptors (Lipinski definition) is 6. The zero-order valence-electron chi connectivity index (χ0n) is 23.1. The van der Waals surface area contributed by atoms with E-state index in [-0.39, 0.29) is 24.7 Å². The summed E-state index contributed by atoms with van der Waals surface area (Å²) in [7, 11) is 0. The number of amides is 1. The van der Waals surface area contributed by atoms with Gasteiger partial charge in [-0.1, -0.05) is 60.1 Å². The van der Waals surface area contributed by atoms with Crippen molar-refractivity contribution in [3.05, 3.63) is 112 Å². The Morgan fingerprint density at radius 3 is 2.71 bits per heavy atom. The van der Waals surface area contributed by atoms with Crippen LogP contribution in [0.3, 0.4) is 0 Å². The van der Waals surface area contributed by atoms with E-state index in [0.29, 0.717) is 41.6 Å². The third-order valence-corrected chi connectivity index (χ3v) is 8.09. The summed E-state index contributed by atoms with van der Waals surface area (Å²) in [6.07, 6.45) is 6.25. The van der Waals surface area contributed by atoms with Gasteiger partial charge in [-0.3, -0.25) is 9.78 Å². The van der Waals surface area contributed by atoms with E-state index in [1.165, 1.54) is 28.5 Å². The van der Waals surface area contributed by atoms with Crippen molar-refractivity contribution in [3.8, 4) is 28.7 Å². The first-order valence-corrected chi connectivity index (χ1v) is 14.6. The zero-order chi connectivity index (χ0) is 28.9. The van der Waals surface area contributed by atoms with Crippen LogP contribution in [0.5, 0.6) is 11.5 Å². The number of aromatic nitrogens is 1. The summed E-state index contributed by atoms with van der Waals surface area (Å²) in [5.41, 5.74) is 7.07. The second-order valence-corrected chi connectivity index (χ2v) is 11.1. The van der Waals surface area contributed by atoms with Gasteiger partial charge in [0.15, 0.2) is 0 Å². The number of nitriles is 1. The van der Waals surface area contributed by atoms with E-state index >= 15 is 0 Å². The average molecular weight is 579 g/mol. The Morgan fingerprint density at radius 2 is 1.90 bits per heavy atom. The molecule has 0 saturated carbocycles. The van der Waals surface area contributed by atoms with Crippen molar-refractivity contribution < 1.29 is 14.3 Å². The lowest BCUT2D eigenvalue weighted by Gasteiger charge is -2.20. The molecule has 1 unspecified atom stereocenters. The van der Waals surface area contributed by atoms with Crippen LogP contribution in [0.2, 0.25) is 5.02 Å². The summed E-state index contributed by atoms with van der Waals surface area (Å²) < 4.78 is 12.8. The Morgan fingerprint density at radius 1 is 1.02 bits per heavy atom. The predicted molar refractivity (Wildman–Crippen MR) is 161 cm³/mol. The van der Waals surface area contributed by atoms with Gasteiger partial charge < -0.3 is 20.1 Å². The molecule has 2 heterocycles. The number of nitrogens with zero attached hydrogens (tertiary/aromatic N) is 2. The molecule has 212 valence electrons. The molecule has 8 heteroatoms. The highest BCUT2D eigenvalue weighted by Crippen LogP contribution is 2.42. The van der Waals surface area contributed by atoms with Gasteiger partial charge in [-0.15, -0.1) is 0 Å². The van der Waals surface area contributed by atoms with E-state index in [4.69, 9.17) is 21.1 Å². The molecule has 1 aromatic heterocycles. The normalized spacial score (nSPS) is 17.4. The van der Waals surface area contributed by atoms with Crippen LogP contribution < -0.4 is 20.1 Å². The van der Waals surface area contributed by atoms with Crippen molar-refractivity contribution in [3.63, 3.8) is 0 Å². The molecule has 0 radical (unpaired) electrons. The van der Waals surface area contributed by atoms with Crippen LogP contribution in [-0.4, -0.2) is 23.5 Å². The van der Waals surface area contributed by atoms with Gasteiger partial charge in [0, 0.05) is 55.1 Å². The number of halogens is 1. The second kappa shape index (κ2) is 12.6. The summed E-state index contributed by atoms with van der Waals surface area (Å²) in [4.78, 5) is 15.7. The minimum absolute atomic E-state index is 0.0907. The molecule has 2 N–H and O–H groups in total. The molecular formula is C34H31ClN4O3. The lowest BCUT2D eigenvalue weighted by Crippen LogP contribution is -2.35. The van der Waals surface area contributed by atoms with Gasteiger partial charge in [0.05, 0.1) is 10.6 Å². The molecule has 4 aromatic rings. The number of nitrogens with one attached hydrogen (secondary N) is 2. The third-order valence-electron chi connectivity index (χ3n) is 7.79. The van der Waals surface area contributed by atoms with Crippen molar-refractivity contribution in [1.82, 2.24) is 15.6 Å². The molecule has 0 spiro atoms. The molecule has 1 aliphatic heterocycles. The quantitative estimate of drug-likeness (QED) is 0.230. The van der Waals surface area contributed by atoms with Gasteiger partial charge in [0.1, 0.15) is 30.3 Å². The monoisotopic (exact) mass is 578 g/mol. The van der Waals surface area contributed by atoms with Crippen LogP contribution in [0, 0.1) is 11.3 Å². The second-order valence-electron chi connectivity index (χ2n) is 10.7. The van der Waals surface area contributed by atoms with Crippen LogP contribution in [0.1, 0.15) is 53.2 Å². The number of ether oxygens (including phenoxy) is 2. The minimum Gasteiger partial charge on any atom is -0.488 e. The van der Waals surface area contributed by atoms with E-state index in [1.807, 2.05) is 18.2 Å². The van der Waals surface area contributed by atoms with Crippen molar-refractivity contribution in [2.75, 3.05) is 6.54 Å². The van der Waals surface area contributed by atoms with Gasteiger partial charge in [0.25, 0.3) is 0 Å². The molecule has 1 fully saturated rings. The van der Waals surface area contributed by atoms with Crippen molar-refractivity contribution >= 4 is 17.5 Å². The number of benzene rings is 3. The fraction of sp³-hybridized carbons (Fsp3) is 0.265. The Kier molecular flexibility index (Phi) is 8.36. The molecule has 2 aliphatic rings. The Bertz CT molecular complexity index is 1640. The minimum atomic E-state index is -0.125. The number of carbonyl (C=O) groups is 1. The molecule has 6 rings (SSSR count). The van der Waals surface area contributed by atoms with Gasteiger partial charge >= 0.3 is 0 Å². The highest BCUT2D eigenvalue weighted by molar-refractivity contribution is 6.32. The summed E-state index contributed by atoms with van der Waals surface area (Å²) in [5, 5.41) is 16.2. The smallest absolute Gasteiger partial charge is 0.220 e. The molecule has 1 amide bonds. The van der Waals surface area contributed by atoms with Gasteiger partial charge in [-0.2, -0.15) is 5.26 Å². The van der Waals surface area contributed by atoms with Gasteiger partial charge in [-0.25, -0.2) is 0 Å². The molecule has 3 aromatic carbocycles. The summed E-state index contributed by atoms with van der Waals surface area (Å²) in [6.45, 7) is 1.39. The first kappa shape index (κ1) is 27.8. The fourth-order valence-electron chi connectivity index (χ4n) is 5.72. The zero-order valence-corrected chi connectivity index (χ0v) is 23.9. The van der Waals surface area contributed by atoms with Crippen LogP contribution in [-0.2, 0) is 24.4 Å². The number of carbonyl (C=O) groups excluding carboxylic acids is 1. The molecule has 2 atom stereocenters. The maximum Gasteiger partial charge on any atom is 0.220 e. The maximum absolute atomic E-state index is 11.6. The molecule has 42 heavy (non-hydrogen) atoms. The average Bonchev–Trinajstić information content (AvgIpc) is 3.63. The van der Waals surface area contributed by atoms with Crippen LogP contribution in [0.15, 0.2) is 79.1 Å².